The van der Waals surface area contributed by atoms with Crippen molar-refractivity contribution in [2.45, 2.75) is 41.7 Å². The van der Waals surface area contributed by atoms with Gasteiger partial charge in [0.1, 0.15) is 10.8 Å². The summed E-state index contributed by atoms with van der Waals surface area (Å²) in [5.74, 6) is 1.10. The smallest absolute Gasteiger partial charge is 0.254 e. The highest BCUT2D eigenvalue weighted by molar-refractivity contribution is 8.00. The van der Waals surface area contributed by atoms with Crippen LogP contribution in [0.25, 0.3) is 0 Å². The molecule has 1 saturated carbocycles. The third-order valence-corrected chi connectivity index (χ3v) is 6.70. The monoisotopic (exact) mass is 390 g/mol. The van der Waals surface area contributed by atoms with Crippen molar-refractivity contribution >= 4 is 29.4 Å². The van der Waals surface area contributed by atoms with E-state index in [9.17, 15) is 9.18 Å². The van der Waals surface area contributed by atoms with E-state index in [1.165, 1.54) is 31.7 Å². The Balaban J connectivity index is 1.45. The van der Waals surface area contributed by atoms with Gasteiger partial charge in [-0.1, -0.05) is 31.0 Å². The predicted molar refractivity (Wildman–Crippen MR) is 107 cm³/mol. The molecule has 1 N–H and O–H groups in total. The van der Waals surface area contributed by atoms with Crippen LogP contribution < -0.4 is 5.32 Å². The van der Waals surface area contributed by atoms with Crippen molar-refractivity contribution in [3.8, 4) is 0 Å². The Morgan fingerprint density at radius 2 is 2.00 bits per heavy atom. The summed E-state index contributed by atoms with van der Waals surface area (Å²) in [5.41, 5.74) is 1.36. The summed E-state index contributed by atoms with van der Waals surface area (Å²) >= 11 is 3.34. The molecule has 2 aromatic rings. The highest BCUT2D eigenvalue weighted by Gasteiger charge is 2.20. The number of benzene rings is 1. The van der Waals surface area contributed by atoms with Gasteiger partial charge in [0.15, 0.2) is 0 Å². The number of pyridine rings is 1. The van der Waals surface area contributed by atoms with E-state index < -0.39 is 0 Å². The van der Waals surface area contributed by atoms with Gasteiger partial charge < -0.3 is 5.32 Å². The fourth-order valence-electron chi connectivity index (χ4n) is 2.95. The number of nitrogens with one attached hydrogen (secondary N) is 1. The topological polar surface area (TPSA) is 42.0 Å². The molecule has 0 saturated heterocycles. The second kappa shape index (κ2) is 9.97. The second-order valence-electron chi connectivity index (χ2n) is 6.28. The molecule has 0 unspecified atom stereocenters. The standard InChI is InChI=1S/C20H23FN2OS2/c21-18-10-4-1-6-15(18)14-25-13-12-22-19(24)17-9-5-11-23-20(17)26-16-7-2-3-8-16/h1,4-6,9-11,16H,2-3,7-8,12-14H2,(H,22,24). The Morgan fingerprint density at radius 1 is 1.19 bits per heavy atom. The minimum absolute atomic E-state index is 0.0786. The van der Waals surface area contributed by atoms with Crippen LogP contribution in [0.3, 0.4) is 0 Å². The number of hydrogen-bond acceptors (Lipinski definition) is 4. The molecule has 1 amide bonds. The lowest BCUT2D eigenvalue weighted by Gasteiger charge is -2.12. The Kier molecular flexibility index (Phi) is 7.38. The van der Waals surface area contributed by atoms with Gasteiger partial charge in [0, 0.05) is 29.5 Å². The van der Waals surface area contributed by atoms with E-state index in [0.717, 1.165) is 10.8 Å². The molecule has 1 aromatic carbocycles. The maximum Gasteiger partial charge on any atom is 0.254 e. The first-order chi connectivity index (χ1) is 12.7. The first-order valence-electron chi connectivity index (χ1n) is 8.95. The summed E-state index contributed by atoms with van der Waals surface area (Å²) in [6.45, 7) is 0.556. The van der Waals surface area contributed by atoms with E-state index in [1.807, 2.05) is 12.1 Å². The van der Waals surface area contributed by atoms with Gasteiger partial charge in [-0.15, -0.1) is 11.8 Å². The number of rotatable bonds is 8. The zero-order valence-electron chi connectivity index (χ0n) is 14.6. The van der Waals surface area contributed by atoms with Crippen LogP contribution in [-0.2, 0) is 5.75 Å². The number of thioether (sulfide) groups is 2. The zero-order valence-corrected chi connectivity index (χ0v) is 16.3. The molecule has 1 aliphatic rings. The molecule has 3 rings (SSSR count). The van der Waals surface area contributed by atoms with Gasteiger partial charge in [0.2, 0.25) is 0 Å². The number of carbonyl (C=O) groups excluding carboxylic acids is 1. The van der Waals surface area contributed by atoms with E-state index in [-0.39, 0.29) is 11.7 Å². The molecule has 0 radical (unpaired) electrons. The Labute approximate surface area is 162 Å². The van der Waals surface area contributed by atoms with E-state index in [4.69, 9.17) is 0 Å². The number of carbonyl (C=O) groups is 1. The molecule has 1 aliphatic carbocycles. The number of nitrogens with zero attached hydrogens (tertiary/aromatic N) is 1. The molecule has 0 spiro atoms. The average Bonchev–Trinajstić information content (AvgIpc) is 3.16. The van der Waals surface area contributed by atoms with E-state index in [0.29, 0.717) is 28.7 Å². The second-order valence-corrected chi connectivity index (χ2v) is 8.67. The quantitative estimate of drug-likeness (QED) is 0.650. The Hall–Kier alpha value is -1.53. The van der Waals surface area contributed by atoms with Crippen LogP contribution in [0.1, 0.15) is 41.6 Å². The molecular weight excluding hydrogens is 367 g/mol. The van der Waals surface area contributed by atoms with Crippen molar-refractivity contribution in [1.82, 2.24) is 10.3 Å². The van der Waals surface area contributed by atoms with Crippen LogP contribution in [0.2, 0.25) is 0 Å². The maximum atomic E-state index is 13.6. The molecule has 3 nitrogen and oxygen atoms in total. The van der Waals surface area contributed by atoms with Gasteiger partial charge >= 0.3 is 0 Å². The van der Waals surface area contributed by atoms with Crippen LogP contribution in [-0.4, -0.2) is 28.4 Å². The van der Waals surface area contributed by atoms with Crippen molar-refractivity contribution in [3.05, 3.63) is 59.5 Å². The highest BCUT2D eigenvalue weighted by Crippen LogP contribution is 2.35. The summed E-state index contributed by atoms with van der Waals surface area (Å²) in [5, 5.41) is 4.36. The number of hydrogen-bond donors (Lipinski definition) is 1. The molecular formula is C20H23FN2OS2. The number of halogens is 1. The first kappa shape index (κ1) is 19.2. The summed E-state index contributed by atoms with van der Waals surface area (Å²) in [4.78, 5) is 16.9. The van der Waals surface area contributed by atoms with Crippen molar-refractivity contribution in [1.29, 1.82) is 0 Å². The SMILES string of the molecule is O=C(NCCSCc1ccccc1F)c1cccnc1SC1CCCC1. The molecule has 26 heavy (non-hydrogen) atoms. The van der Waals surface area contributed by atoms with Gasteiger partial charge in [-0.3, -0.25) is 4.79 Å². The van der Waals surface area contributed by atoms with Crippen molar-refractivity contribution in [2.24, 2.45) is 0 Å². The lowest BCUT2D eigenvalue weighted by atomic mass is 10.2. The van der Waals surface area contributed by atoms with Gasteiger partial charge in [-0.05, 0) is 36.6 Å². The van der Waals surface area contributed by atoms with Crippen molar-refractivity contribution in [2.75, 3.05) is 12.3 Å². The Morgan fingerprint density at radius 3 is 2.81 bits per heavy atom. The van der Waals surface area contributed by atoms with E-state index in [2.05, 4.69) is 10.3 Å². The summed E-state index contributed by atoms with van der Waals surface area (Å²) < 4.78 is 13.6. The van der Waals surface area contributed by atoms with Gasteiger partial charge in [-0.2, -0.15) is 11.8 Å². The molecule has 0 aliphatic heterocycles. The summed E-state index contributed by atoms with van der Waals surface area (Å²) in [7, 11) is 0. The molecule has 0 bridgehead atoms. The van der Waals surface area contributed by atoms with E-state index >= 15 is 0 Å². The third kappa shape index (κ3) is 5.48. The van der Waals surface area contributed by atoms with Crippen molar-refractivity contribution < 1.29 is 9.18 Å². The van der Waals surface area contributed by atoms with Crippen LogP contribution in [0.4, 0.5) is 4.39 Å². The fraction of sp³-hybridized carbons (Fsp3) is 0.400. The third-order valence-electron chi connectivity index (χ3n) is 4.34. The fourth-order valence-corrected chi connectivity index (χ4v) is 5.09. The van der Waals surface area contributed by atoms with Crippen LogP contribution in [0, 0.1) is 5.82 Å². The molecule has 1 aromatic heterocycles. The van der Waals surface area contributed by atoms with Crippen molar-refractivity contribution in [3.63, 3.8) is 0 Å². The lowest BCUT2D eigenvalue weighted by Crippen LogP contribution is -2.26. The summed E-state index contributed by atoms with van der Waals surface area (Å²) in [6, 6.07) is 10.4. The molecule has 6 heteroatoms. The molecule has 0 atom stereocenters. The normalized spacial score (nSPS) is 14.5. The molecule has 1 fully saturated rings. The van der Waals surface area contributed by atoms with Crippen LogP contribution in [0.15, 0.2) is 47.6 Å². The molecule has 1 heterocycles. The van der Waals surface area contributed by atoms with Crippen LogP contribution >= 0.6 is 23.5 Å². The predicted octanol–water partition coefficient (Wildman–Crippen LogP) is 4.92. The average molecular weight is 391 g/mol. The Bertz CT molecular complexity index is 735. The minimum Gasteiger partial charge on any atom is -0.351 e. The summed E-state index contributed by atoms with van der Waals surface area (Å²) in [6.07, 6.45) is 6.69. The maximum absolute atomic E-state index is 13.6. The lowest BCUT2D eigenvalue weighted by molar-refractivity contribution is 0.0952. The van der Waals surface area contributed by atoms with Gasteiger partial charge in [0.25, 0.3) is 5.91 Å². The largest absolute Gasteiger partial charge is 0.351 e. The molecule has 138 valence electrons. The zero-order chi connectivity index (χ0) is 18.2. The van der Waals surface area contributed by atoms with Crippen LogP contribution in [0.5, 0.6) is 0 Å². The van der Waals surface area contributed by atoms with E-state index in [1.54, 1.807) is 47.9 Å². The number of amides is 1. The van der Waals surface area contributed by atoms with Gasteiger partial charge in [-0.25, -0.2) is 9.37 Å². The highest BCUT2D eigenvalue weighted by atomic mass is 32.2. The minimum atomic E-state index is -0.173. The number of aromatic nitrogens is 1. The van der Waals surface area contributed by atoms with Gasteiger partial charge in [0.05, 0.1) is 5.56 Å². The first-order valence-corrected chi connectivity index (χ1v) is 11.0.